The van der Waals surface area contributed by atoms with Crippen LogP contribution in [0.25, 0.3) is 0 Å². The van der Waals surface area contributed by atoms with Crippen molar-refractivity contribution >= 4 is 0 Å². The van der Waals surface area contributed by atoms with Crippen LogP contribution in [0.5, 0.6) is 0 Å². The molecule has 1 N–H and O–H groups in total. The first kappa shape index (κ1) is 16.2. The van der Waals surface area contributed by atoms with E-state index in [1.54, 1.807) is 0 Å². The summed E-state index contributed by atoms with van der Waals surface area (Å²) in [6.45, 7) is 5.78. The molecule has 116 valence electrons. The summed E-state index contributed by atoms with van der Waals surface area (Å²) in [5, 5.41) is 3.09. The van der Waals surface area contributed by atoms with Crippen LogP contribution >= 0.6 is 0 Å². The zero-order chi connectivity index (χ0) is 15.1. The summed E-state index contributed by atoms with van der Waals surface area (Å²) in [5.41, 5.74) is 1.16. The Labute approximate surface area is 127 Å². The van der Waals surface area contributed by atoms with E-state index in [9.17, 15) is 0 Å². The molecule has 0 aromatic heterocycles. The molecule has 2 rings (SSSR count). The molecule has 4 nitrogen and oxygen atoms in total. The largest absolute Gasteiger partial charge is 0.367 e. The third-order valence-corrected chi connectivity index (χ3v) is 3.33. The van der Waals surface area contributed by atoms with Crippen LogP contribution < -0.4 is 5.32 Å². The summed E-state index contributed by atoms with van der Waals surface area (Å²) < 4.78 is 17.6. The van der Waals surface area contributed by atoms with Crippen molar-refractivity contribution in [2.45, 2.75) is 38.4 Å². The topological polar surface area (TPSA) is 39.7 Å². The summed E-state index contributed by atoms with van der Waals surface area (Å²) in [4.78, 5) is 0. The van der Waals surface area contributed by atoms with E-state index in [1.807, 2.05) is 39.1 Å². The molecule has 0 radical (unpaired) electrons. The second-order valence-electron chi connectivity index (χ2n) is 5.61. The fourth-order valence-corrected chi connectivity index (χ4v) is 2.25. The predicted octanol–water partition coefficient (Wildman–Crippen LogP) is 2.50. The van der Waals surface area contributed by atoms with Gasteiger partial charge in [0.25, 0.3) is 0 Å². The van der Waals surface area contributed by atoms with Gasteiger partial charge in [0.1, 0.15) is 12.2 Å². The molecule has 0 spiro atoms. The Morgan fingerprint density at radius 2 is 2.14 bits per heavy atom. The van der Waals surface area contributed by atoms with Gasteiger partial charge in [-0.25, -0.2) is 0 Å². The Morgan fingerprint density at radius 1 is 1.38 bits per heavy atom. The molecule has 0 amide bonds. The molecule has 0 unspecified atom stereocenters. The van der Waals surface area contributed by atoms with Crippen molar-refractivity contribution in [1.82, 2.24) is 5.32 Å². The van der Waals surface area contributed by atoms with Crippen LogP contribution in [0.3, 0.4) is 0 Å². The molecular formula is C17H25NO3. The number of hydrogen-bond acceptors (Lipinski definition) is 4. The lowest BCUT2D eigenvalue weighted by molar-refractivity contribution is -0.152. The van der Waals surface area contributed by atoms with E-state index >= 15 is 0 Å². The molecule has 0 saturated carbocycles. The Morgan fingerprint density at radius 3 is 2.76 bits per heavy atom. The first-order valence-corrected chi connectivity index (χ1v) is 7.39. The fourth-order valence-electron chi connectivity index (χ4n) is 2.25. The van der Waals surface area contributed by atoms with E-state index in [1.165, 1.54) is 0 Å². The lowest BCUT2D eigenvalue weighted by Crippen LogP contribution is -2.31. The first-order valence-electron chi connectivity index (χ1n) is 7.39. The van der Waals surface area contributed by atoms with E-state index in [4.69, 9.17) is 14.2 Å². The van der Waals surface area contributed by atoms with Gasteiger partial charge in [0.05, 0.1) is 13.2 Å². The highest BCUT2D eigenvalue weighted by atomic mass is 16.7. The first-order chi connectivity index (χ1) is 10.1. The van der Waals surface area contributed by atoms with Gasteiger partial charge >= 0.3 is 0 Å². The van der Waals surface area contributed by atoms with Gasteiger partial charge in [-0.1, -0.05) is 42.5 Å². The number of benzene rings is 1. The Hall–Kier alpha value is -1.20. The molecule has 1 aromatic carbocycles. The number of hydrogen-bond donors (Lipinski definition) is 1. The van der Waals surface area contributed by atoms with E-state index < -0.39 is 5.79 Å². The van der Waals surface area contributed by atoms with E-state index in [2.05, 4.69) is 29.6 Å². The highest BCUT2D eigenvalue weighted by Crippen LogP contribution is 2.26. The minimum Gasteiger partial charge on any atom is -0.367 e. The second kappa shape index (κ2) is 7.71. The minimum absolute atomic E-state index is 0.0724. The van der Waals surface area contributed by atoms with Crippen molar-refractivity contribution in [3.8, 4) is 0 Å². The monoisotopic (exact) mass is 291 g/mol. The van der Waals surface area contributed by atoms with Crippen LogP contribution in [-0.4, -0.2) is 38.2 Å². The van der Waals surface area contributed by atoms with E-state index in [0.29, 0.717) is 13.2 Å². The molecule has 2 atom stereocenters. The lowest BCUT2D eigenvalue weighted by Gasteiger charge is -2.22. The average Bonchev–Trinajstić information content (AvgIpc) is 2.84. The van der Waals surface area contributed by atoms with Crippen LogP contribution in [0.2, 0.25) is 0 Å². The van der Waals surface area contributed by atoms with E-state index in [-0.39, 0.29) is 12.2 Å². The Balaban J connectivity index is 1.95. The zero-order valence-corrected chi connectivity index (χ0v) is 13.0. The predicted molar refractivity (Wildman–Crippen MR) is 83.0 cm³/mol. The van der Waals surface area contributed by atoms with Gasteiger partial charge in [-0.2, -0.15) is 0 Å². The third kappa shape index (κ3) is 5.25. The minimum atomic E-state index is -0.532. The summed E-state index contributed by atoms with van der Waals surface area (Å²) in [6.07, 6.45) is 3.93. The van der Waals surface area contributed by atoms with Crippen LogP contribution in [0.4, 0.5) is 0 Å². The Bertz CT molecular complexity index is 445. The SMILES string of the molecule is CNC/C=C/[C@@H](OCc1ccccc1)[C@H]1COC(C)(C)O1. The Kier molecular flexibility index (Phi) is 5.94. The maximum absolute atomic E-state index is 6.03. The van der Waals surface area contributed by atoms with Crippen LogP contribution in [0, 0.1) is 0 Å². The van der Waals surface area contributed by atoms with Gasteiger partial charge in [0.15, 0.2) is 5.79 Å². The summed E-state index contributed by atoms with van der Waals surface area (Å²) >= 11 is 0. The van der Waals surface area contributed by atoms with Gasteiger partial charge in [-0.05, 0) is 26.5 Å². The number of ether oxygens (including phenoxy) is 3. The number of rotatable bonds is 7. The molecule has 0 bridgehead atoms. The van der Waals surface area contributed by atoms with Crippen molar-refractivity contribution in [3.05, 3.63) is 48.0 Å². The maximum Gasteiger partial charge on any atom is 0.163 e. The lowest BCUT2D eigenvalue weighted by atomic mass is 10.2. The van der Waals surface area contributed by atoms with Gasteiger partial charge in [0.2, 0.25) is 0 Å². The summed E-state index contributed by atoms with van der Waals surface area (Å²) in [6, 6.07) is 10.2. The number of nitrogens with one attached hydrogen (secondary N) is 1. The molecule has 1 aliphatic heterocycles. The average molecular weight is 291 g/mol. The smallest absolute Gasteiger partial charge is 0.163 e. The van der Waals surface area contributed by atoms with Crippen molar-refractivity contribution in [2.75, 3.05) is 20.2 Å². The summed E-state index contributed by atoms with van der Waals surface area (Å²) in [5.74, 6) is -0.532. The zero-order valence-electron chi connectivity index (χ0n) is 13.0. The molecule has 1 saturated heterocycles. The van der Waals surface area contributed by atoms with Crippen LogP contribution in [0.15, 0.2) is 42.5 Å². The standard InChI is InChI=1S/C17H25NO3/c1-17(2)20-13-16(21-17)15(10-7-11-18-3)19-12-14-8-5-4-6-9-14/h4-10,15-16,18H,11-13H2,1-3H3/b10-7+/t15-,16-/m1/s1. The van der Waals surface area contributed by atoms with E-state index in [0.717, 1.165) is 12.1 Å². The molecule has 0 aliphatic carbocycles. The van der Waals surface area contributed by atoms with Crippen molar-refractivity contribution in [3.63, 3.8) is 0 Å². The highest BCUT2D eigenvalue weighted by Gasteiger charge is 2.36. The maximum atomic E-state index is 6.03. The number of likely N-dealkylation sites (N-methyl/N-ethyl adjacent to an activating group) is 1. The highest BCUT2D eigenvalue weighted by molar-refractivity contribution is 5.13. The molecule has 1 aromatic rings. The quantitative estimate of drug-likeness (QED) is 0.784. The van der Waals surface area contributed by atoms with Gasteiger partial charge < -0.3 is 19.5 Å². The van der Waals surface area contributed by atoms with Gasteiger partial charge in [-0.3, -0.25) is 0 Å². The molecule has 21 heavy (non-hydrogen) atoms. The second-order valence-corrected chi connectivity index (χ2v) is 5.61. The van der Waals surface area contributed by atoms with Crippen molar-refractivity contribution in [2.24, 2.45) is 0 Å². The molecule has 1 fully saturated rings. The van der Waals surface area contributed by atoms with Crippen molar-refractivity contribution in [1.29, 1.82) is 0 Å². The molecule has 4 heteroatoms. The van der Waals surface area contributed by atoms with Gasteiger partial charge in [-0.15, -0.1) is 0 Å². The van der Waals surface area contributed by atoms with Crippen molar-refractivity contribution < 1.29 is 14.2 Å². The van der Waals surface area contributed by atoms with Gasteiger partial charge in [0, 0.05) is 6.54 Å². The molecule has 1 heterocycles. The fraction of sp³-hybridized carbons (Fsp3) is 0.529. The summed E-state index contributed by atoms with van der Waals surface area (Å²) in [7, 11) is 1.92. The molecular weight excluding hydrogens is 266 g/mol. The third-order valence-electron chi connectivity index (χ3n) is 3.33. The molecule has 1 aliphatic rings. The normalized spacial score (nSPS) is 22.7. The van der Waals surface area contributed by atoms with Crippen LogP contribution in [0.1, 0.15) is 19.4 Å². The van der Waals surface area contributed by atoms with Crippen LogP contribution in [-0.2, 0) is 20.8 Å².